The minimum absolute atomic E-state index is 0.570. The van der Waals surface area contributed by atoms with Crippen molar-refractivity contribution in [1.29, 1.82) is 0 Å². The van der Waals surface area contributed by atoms with Crippen molar-refractivity contribution < 1.29 is 0 Å². The summed E-state index contributed by atoms with van der Waals surface area (Å²) in [6.45, 7) is 0. The number of hydrogen-bond acceptors (Lipinski definition) is 8. The lowest BCUT2D eigenvalue weighted by molar-refractivity contribution is 1.15. The van der Waals surface area contributed by atoms with Gasteiger partial charge in [-0.15, -0.1) is 0 Å². The highest BCUT2D eigenvalue weighted by molar-refractivity contribution is 5.81. The van der Waals surface area contributed by atoms with Crippen LogP contribution in [0.5, 0.6) is 0 Å². The van der Waals surface area contributed by atoms with Gasteiger partial charge in [-0.1, -0.05) is 91.0 Å². The molecular formula is C52H34N8. The van der Waals surface area contributed by atoms with E-state index in [0.717, 1.165) is 72.6 Å². The molecule has 282 valence electrons. The summed E-state index contributed by atoms with van der Waals surface area (Å²) in [5, 5.41) is 0. The molecular weight excluding hydrogens is 737 g/mol. The standard InChI is InChI=1S/C52H34N8/c1-2-6-41(7-3-1)52-59-50(48-30-44(28-46(57-48)39-18-24-53-25-19-39)37-14-10-35(11-15-37)42-8-4-22-55-33-42)32-51(60-52)49-31-45(29-47(58-49)40-20-26-54-27-21-40)38-16-12-36(13-17-38)43-9-5-23-56-34-43/h1-34H. The van der Waals surface area contributed by atoms with Gasteiger partial charge in [0.25, 0.3) is 0 Å². The van der Waals surface area contributed by atoms with Crippen LogP contribution in [-0.2, 0) is 0 Å². The van der Waals surface area contributed by atoms with Crippen molar-refractivity contribution >= 4 is 0 Å². The monoisotopic (exact) mass is 770 g/mol. The van der Waals surface area contributed by atoms with Gasteiger partial charge in [0.2, 0.25) is 0 Å². The molecule has 0 aliphatic carbocycles. The van der Waals surface area contributed by atoms with Gasteiger partial charge in [0, 0.05) is 66.3 Å². The van der Waals surface area contributed by atoms with Crippen molar-refractivity contribution in [1.82, 2.24) is 39.9 Å². The van der Waals surface area contributed by atoms with Crippen molar-refractivity contribution in [3.05, 3.63) is 207 Å². The molecule has 8 nitrogen and oxygen atoms in total. The molecule has 8 heteroatoms. The molecule has 3 aromatic carbocycles. The van der Waals surface area contributed by atoms with Crippen LogP contribution < -0.4 is 0 Å². The van der Waals surface area contributed by atoms with E-state index in [1.807, 2.05) is 85.2 Å². The molecule has 0 radical (unpaired) electrons. The third-order valence-electron chi connectivity index (χ3n) is 10.3. The lowest BCUT2D eigenvalue weighted by Crippen LogP contribution is -2.00. The van der Waals surface area contributed by atoms with Gasteiger partial charge in [0.05, 0.1) is 34.2 Å². The van der Waals surface area contributed by atoms with E-state index in [4.69, 9.17) is 19.9 Å². The maximum atomic E-state index is 5.24. The van der Waals surface area contributed by atoms with E-state index in [1.165, 1.54) is 0 Å². The Morgan fingerprint density at radius 2 is 0.600 bits per heavy atom. The molecule has 0 aliphatic heterocycles. The number of pyridine rings is 6. The summed E-state index contributed by atoms with van der Waals surface area (Å²) in [5.41, 5.74) is 15.5. The van der Waals surface area contributed by atoms with Gasteiger partial charge >= 0.3 is 0 Å². The number of rotatable bonds is 9. The van der Waals surface area contributed by atoms with Crippen LogP contribution in [0.3, 0.4) is 0 Å². The molecule has 0 saturated heterocycles. The van der Waals surface area contributed by atoms with Crippen molar-refractivity contribution in [2.24, 2.45) is 0 Å². The summed E-state index contributed by atoms with van der Waals surface area (Å²) in [6, 6.07) is 53.4. The second-order valence-electron chi connectivity index (χ2n) is 14.2. The first kappa shape index (κ1) is 36.0. The SMILES string of the molecule is c1ccc(-c2nc(-c3cc(-c4ccc(-c5cccnc5)cc4)cc(-c4ccncc4)n3)cc(-c3cc(-c4ccc(-c5cccnc5)cc4)cc(-c4ccncc4)n3)n2)cc1. The molecule has 0 aliphatic rings. The highest BCUT2D eigenvalue weighted by Crippen LogP contribution is 2.35. The molecule has 7 heterocycles. The van der Waals surface area contributed by atoms with Crippen molar-refractivity contribution in [3.8, 4) is 101 Å². The molecule has 0 bridgehead atoms. The molecule has 0 unspecified atom stereocenters. The predicted molar refractivity (Wildman–Crippen MR) is 238 cm³/mol. The Bertz CT molecular complexity index is 2850. The quantitative estimate of drug-likeness (QED) is 0.143. The third kappa shape index (κ3) is 7.68. The van der Waals surface area contributed by atoms with Gasteiger partial charge in [0.15, 0.2) is 5.82 Å². The first-order valence-electron chi connectivity index (χ1n) is 19.5. The maximum Gasteiger partial charge on any atom is 0.160 e. The molecule has 0 saturated carbocycles. The lowest BCUT2D eigenvalue weighted by atomic mass is 9.98. The maximum absolute atomic E-state index is 5.24. The molecule has 0 amide bonds. The first-order valence-corrected chi connectivity index (χ1v) is 19.5. The molecule has 60 heavy (non-hydrogen) atoms. The predicted octanol–water partition coefficient (Wildman–Crippen LogP) is 11.8. The van der Waals surface area contributed by atoms with Crippen molar-refractivity contribution in [3.63, 3.8) is 0 Å². The van der Waals surface area contributed by atoms with Gasteiger partial charge in [-0.2, -0.15) is 0 Å². The summed E-state index contributed by atoms with van der Waals surface area (Å²) in [6.07, 6.45) is 14.5. The van der Waals surface area contributed by atoms with E-state index in [0.29, 0.717) is 28.6 Å². The fourth-order valence-corrected chi connectivity index (χ4v) is 7.20. The van der Waals surface area contributed by atoms with E-state index in [-0.39, 0.29) is 0 Å². The summed E-state index contributed by atoms with van der Waals surface area (Å²) >= 11 is 0. The second kappa shape index (κ2) is 16.2. The Labute approximate surface area is 347 Å². The van der Waals surface area contributed by atoms with E-state index in [2.05, 4.69) is 105 Å². The van der Waals surface area contributed by atoms with Crippen LogP contribution in [-0.4, -0.2) is 39.9 Å². The Hall–Kier alpha value is -8.36. The van der Waals surface area contributed by atoms with Gasteiger partial charge < -0.3 is 0 Å². The summed E-state index contributed by atoms with van der Waals surface area (Å²) < 4.78 is 0. The molecule has 10 rings (SSSR count). The molecule has 0 atom stereocenters. The Balaban J connectivity index is 1.14. The smallest absolute Gasteiger partial charge is 0.160 e. The highest BCUT2D eigenvalue weighted by atomic mass is 14.9. The third-order valence-corrected chi connectivity index (χ3v) is 10.3. The molecule has 10 aromatic rings. The van der Waals surface area contributed by atoms with Crippen molar-refractivity contribution in [2.45, 2.75) is 0 Å². The molecule has 7 aromatic heterocycles. The van der Waals surface area contributed by atoms with Gasteiger partial charge in [-0.3, -0.25) is 19.9 Å². The number of hydrogen-bond donors (Lipinski definition) is 0. The normalized spacial score (nSPS) is 11.0. The van der Waals surface area contributed by atoms with Crippen LogP contribution >= 0.6 is 0 Å². The zero-order valence-corrected chi connectivity index (χ0v) is 32.2. The largest absolute Gasteiger partial charge is 0.265 e. The van der Waals surface area contributed by atoms with E-state index < -0.39 is 0 Å². The summed E-state index contributed by atoms with van der Waals surface area (Å²) in [5.74, 6) is 0.570. The van der Waals surface area contributed by atoms with E-state index in [9.17, 15) is 0 Å². The van der Waals surface area contributed by atoms with Crippen LogP contribution in [0.25, 0.3) is 101 Å². The van der Waals surface area contributed by atoms with Crippen molar-refractivity contribution in [2.75, 3.05) is 0 Å². The van der Waals surface area contributed by atoms with Gasteiger partial charge in [0.1, 0.15) is 0 Å². The van der Waals surface area contributed by atoms with Crippen LogP contribution in [0.2, 0.25) is 0 Å². The Morgan fingerprint density at radius 1 is 0.217 bits per heavy atom. The summed E-state index contributed by atoms with van der Waals surface area (Å²) in [4.78, 5) is 38.0. The van der Waals surface area contributed by atoms with Gasteiger partial charge in [-0.25, -0.2) is 19.9 Å². The van der Waals surface area contributed by atoms with Gasteiger partial charge in [-0.05, 0) is 111 Å². The van der Waals surface area contributed by atoms with Crippen LogP contribution in [0.4, 0.5) is 0 Å². The lowest BCUT2D eigenvalue weighted by Gasteiger charge is -2.14. The fraction of sp³-hybridized carbons (Fsp3) is 0. The fourth-order valence-electron chi connectivity index (χ4n) is 7.20. The Kier molecular flexibility index (Phi) is 9.75. The van der Waals surface area contributed by atoms with E-state index in [1.54, 1.807) is 37.2 Å². The number of aromatic nitrogens is 8. The number of nitrogens with zero attached hydrogens (tertiary/aromatic N) is 8. The average molecular weight is 771 g/mol. The number of benzene rings is 3. The van der Waals surface area contributed by atoms with Crippen LogP contribution in [0.1, 0.15) is 0 Å². The molecule has 0 fully saturated rings. The minimum Gasteiger partial charge on any atom is -0.265 e. The summed E-state index contributed by atoms with van der Waals surface area (Å²) in [7, 11) is 0. The topological polar surface area (TPSA) is 103 Å². The first-order chi connectivity index (χ1) is 29.7. The highest BCUT2D eigenvalue weighted by Gasteiger charge is 2.17. The Morgan fingerprint density at radius 3 is 1.02 bits per heavy atom. The molecule has 0 N–H and O–H groups in total. The minimum atomic E-state index is 0.570. The second-order valence-corrected chi connectivity index (χ2v) is 14.2. The van der Waals surface area contributed by atoms with Crippen LogP contribution in [0, 0.1) is 0 Å². The zero-order chi connectivity index (χ0) is 40.1. The average Bonchev–Trinajstić information content (AvgIpc) is 3.35. The van der Waals surface area contributed by atoms with E-state index >= 15 is 0 Å². The zero-order valence-electron chi connectivity index (χ0n) is 32.2. The van der Waals surface area contributed by atoms with Crippen LogP contribution in [0.15, 0.2) is 207 Å². The molecule has 0 spiro atoms.